The molecule has 0 bridgehead atoms. The minimum absolute atomic E-state index is 0.894. The van der Waals surface area contributed by atoms with E-state index < -0.39 is 5.97 Å². The van der Waals surface area contributed by atoms with Crippen molar-refractivity contribution < 1.29 is 9.90 Å². The molecule has 2 rings (SSSR count). The van der Waals surface area contributed by atoms with E-state index in [4.69, 9.17) is 5.11 Å². The maximum Gasteiger partial charge on any atom is 0.328 e. The van der Waals surface area contributed by atoms with Gasteiger partial charge in [0.2, 0.25) is 0 Å². The van der Waals surface area contributed by atoms with Crippen LogP contribution in [-0.2, 0) is 11.3 Å². The van der Waals surface area contributed by atoms with Gasteiger partial charge in [-0.1, -0.05) is 12.8 Å². The van der Waals surface area contributed by atoms with E-state index in [0.29, 0.717) is 0 Å². The third-order valence-electron chi connectivity index (χ3n) is 3.02. The molecule has 1 aromatic heterocycles. The lowest BCUT2D eigenvalue weighted by molar-refractivity contribution is -0.131. The molecule has 0 aliphatic carbocycles. The second-order valence-corrected chi connectivity index (χ2v) is 5.67. The van der Waals surface area contributed by atoms with Crippen LogP contribution < -0.4 is 0 Å². The van der Waals surface area contributed by atoms with Crippen molar-refractivity contribution >= 4 is 23.4 Å². The van der Waals surface area contributed by atoms with E-state index in [2.05, 4.69) is 9.88 Å². The van der Waals surface area contributed by atoms with Crippen LogP contribution in [-0.4, -0.2) is 34.0 Å². The van der Waals surface area contributed by atoms with E-state index in [1.54, 1.807) is 23.6 Å². The molecule has 0 radical (unpaired) electrons. The molecule has 5 heteroatoms. The second kappa shape index (κ2) is 6.66. The molecule has 1 aromatic rings. The fourth-order valence-electron chi connectivity index (χ4n) is 2.11. The third kappa shape index (κ3) is 4.23. The fraction of sp³-hybridized carbons (Fsp3) is 0.538. The van der Waals surface area contributed by atoms with E-state index in [9.17, 15) is 4.79 Å². The van der Waals surface area contributed by atoms with Gasteiger partial charge in [0.15, 0.2) is 0 Å². The van der Waals surface area contributed by atoms with Crippen molar-refractivity contribution in [2.24, 2.45) is 0 Å². The summed E-state index contributed by atoms with van der Waals surface area (Å²) in [4.78, 5) is 18.1. The van der Waals surface area contributed by atoms with Crippen molar-refractivity contribution in [1.82, 2.24) is 9.88 Å². The fourth-order valence-corrected chi connectivity index (χ4v) is 2.98. The zero-order chi connectivity index (χ0) is 12.8. The number of aromatic nitrogens is 1. The molecule has 18 heavy (non-hydrogen) atoms. The van der Waals surface area contributed by atoms with E-state index in [1.807, 2.05) is 0 Å². The molecule has 4 nitrogen and oxygen atoms in total. The minimum atomic E-state index is -0.919. The Hall–Kier alpha value is -1.20. The Morgan fingerprint density at radius 1 is 1.39 bits per heavy atom. The first-order chi connectivity index (χ1) is 8.74. The lowest BCUT2D eigenvalue weighted by Gasteiger charge is -2.17. The van der Waals surface area contributed by atoms with Crippen LogP contribution in [0.25, 0.3) is 6.08 Å². The number of carbonyl (C=O) groups is 1. The highest BCUT2D eigenvalue weighted by Crippen LogP contribution is 2.18. The summed E-state index contributed by atoms with van der Waals surface area (Å²) in [6, 6.07) is 0. The van der Waals surface area contributed by atoms with Gasteiger partial charge in [-0.15, -0.1) is 11.3 Å². The molecule has 0 aromatic carbocycles. The Labute approximate surface area is 111 Å². The molecule has 0 saturated carbocycles. The number of hydrogen-bond acceptors (Lipinski definition) is 4. The summed E-state index contributed by atoms with van der Waals surface area (Å²) < 4.78 is 0. The van der Waals surface area contributed by atoms with Crippen molar-refractivity contribution in [3.8, 4) is 0 Å². The lowest BCUT2D eigenvalue weighted by Crippen LogP contribution is -2.23. The molecule has 0 spiro atoms. The molecule has 0 atom stereocenters. The summed E-state index contributed by atoms with van der Waals surface area (Å²) in [6.45, 7) is 3.20. The standard InChI is InChI=1S/C13H18N2O2S/c16-13(17)6-5-11-9-14-12(18-11)10-15-7-3-1-2-4-8-15/h5-6,9H,1-4,7-8,10H2,(H,16,17)/b6-5+. The molecule has 1 N–H and O–H groups in total. The SMILES string of the molecule is O=C(O)/C=C/c1cnc(CN2CCCCCC2)s1. The second-order valence-electron chi connectivity index (χ2n) is 4.52. The molecule has 0 amide bonds. The van der Waals surface area contributed by atoms with Gasteiger partial charge in [0.05, 0.1) is 6.54 Å². The quantitative estimate of drug-likeness (QED) is 0.851. The predicted octanol–water partition coefficient (Wildman–Crippen LogP) is 2.62. The Bertz CT molecular complexity index is 420. The van der Waals surface area contributed by atoms with Crippen molar-refractivity contribution in [2.45, 2.75) is 32.2 Å². The van der Waals surface area contributed by atoms with Gasteiger partial charge < -0.3 is 5.11 Å². The number of aliphatic carboxylic acids is 1. The zero-order valence-corrected chi connectivity index (χ0v) is 11.2. The highest BCUT2D eigenvalue weighted by atomic mass is 32.1. The van der Waals surface area contributed by atoms with Gasteiger partial charge in [-0.05, 0) is 32.0 Å². The first kappa shape index (κ1) is 13.2. The van der Waals surface area contributed by atoms with E-state index in [1.165, 1.54) is 25.7 Å². The summed E-state index contributed by atoms with van der Waals surface area (Å²) in [7, 11) is 0. The number of likely N-dealkylation sites (tertiary alicyclic amines) is 1. The largest absolute Gasteiger partial charge is 0.478 e. The maximum absolute atomic E-state index is 10.4. The van der Waals surface area contributed by atoms with E-state index in [-0.39, 0.29) is 0 Å². The highest BCUT2D eigenvalue weighted by molar-refractivity contribution is 7.12. The van der Waals surface area contributed by atoms with E-state index >= 15 is 0 Å². The Morgan fingerprint density at radius 3 is 2.78 bits per heavy atom. The van der Waals surface area contributed by atoms with Gasteiger partial charge in [-0.25, -0.2) is 9.78 Å². The molecule has 1 aliphatic heterocycles. The number of hydrogen-bond donors (Lipinski definition) is 1. The minimum Gasteiger partial charge on any atom is -0.478 e. The topological polar surface area (TPSA) is 53.4 Å². The molecule has 1 fully saturated rings. The van der Waals surface area contributed by atoms with Crippen LogP contribution in [0.5, 0.6) is 0 Å². The van der Waals surface area contributed by atoms with Crippen molar-refractivity contribution in [1.29, 1.82) is 0 Å². The van der Waals surface area contributed by atoms with Crippen LogP contribution in [0, 0.1) is 0 Å². The monoisotopic (exact) mass is 266 g/mol. The number of rotatable bonds is 4. The van der Waals surface area contributed by atoms with Crippen LogP contribution in [0.4, 0.5) is 0 Å². The number of nitrogens with zero attached hydrogens (tertiary/aromatic N) is 2. The van der Waals surface area contributed by atoms with Crippen LogP contribution in [0.2, 0.25) is 0 Å². The van der Waals surface area contributed by atoms with Gasteiger partial charge in [0.1, 0.15) is 5.01 Å². The highest BCUT2D eigenvalue weighted by Gasteiger charge is 2.11. The molecular formula is C13H18N2O2S. The normalized spacial score (nSPS) is 18.0. The van der Waals surface area contributed by atoms with Crippen LogP contribution in [0.15, 0.2) is 12.3 Å². The van der Waals surface area contributed by atoms with E-state index in [0.717, 1.165) is 35.6 Å². The Balaban J connectivity index is 1.91. The first-order valence-corrected chi connectivity index (χ1v) is 7.14. The third-order valence-corrected chi connectivity index (χ3v) is 3.97. The molecular weight excluding hydrogens is 248 g/mol. The zero-order valence-electron chi connectivity index (χ0n) is 10.3. The molecule has 98 valence electrons. The van der Waals surface area contributed by atoms with Gasteiger partial charge in [-0.2, -0.15) is 0 Å². The van der Waals surface area contributed by atoms with Crippen molar-refractivity contribution in [2.75, 3.05) is 13.1 Å². The summed E-state index contributed by atoms with van der Waals surface area (Å²) in [5, 5.41) is 9.63. The number of thiazole rings is 1. The smallest absolute Gasteiger partial charge is 0.328 e. The average molecular weight is 266 g/mol. The van der Waals surface area contributed by atoms with Crippen LogP contribution in [0.1, 0.15) is 35.6 Å². The summed E-state index contributed by atoms with van der Waals surface area (Å²) in [5.74, 6) is -0.919. The first-order valence-electron chi connectivity index (χ1n) is 6.32. The lowest BCUT2D eigenvalue weighted by atomic mass is 10.2. The summed E-state index contributed by atoms with van der Waals surface area (Å²) >= 11 is 1.57. The van der Waals surface area contributed by atoms with Gasteiger partial charge in [0, 0.05) is 17.2 Å². The van der Waals surface area contributed by atoms with Crippen molar-refractivity contribution in [3.63, 3.8) is 0 Å². The predicted molar refractivity (Wildman–Crippen MR) is 72.5 cm³/mol. The molecule has 2 heterocycles. The summed E-state index contributed by atoms with van der Waals surface area (Å²) in [6.07, 6.45) is 9.72. The number of carboxylic acids is 1. The van der Waals surface area contributed by atoms with Gasteiger partial charge in [-0.3, -0.25) is 4.90 Å². The maximum atomic E-state index is 10.4. The molecule has 1 aliphatic rings. The Morgan fingerprint density at radius 2 is 2.11 bits per heavy atom. The van der Waals surface area contributed by atoms with Crippen molar-refractivity contribution in [3.05, 3.63) is 22.2 Å². The average Bonchev–Trinajstić information content (AvgIpc) is 2.62. The summed E-state index contributed by atoms with van der Waals surface area (Å²) in [5.41, 5.74) is 0. The van der Waals surface area contributed by atoms with Crippen LogP contribution in [0.3, 0.4) is 0 Å². The van der Waals surface area contributed by atoms with Gasteiger partial charge >= 0.3 is 5.97 Å². The molecule has 1 saturated heterocycles. The van der Waals surface area contributed by atoms with Crippen LogP contribution >= 0.6 is 11.3 Å². The Kier molecular flexibility index (Phi) is 4.90. The number of carboxylic acid groups (broad SMARTS) is 1. The molecule has 0 unspecified atom stereocenters. The van der Waals surface area contributed by atoms with Gasteiger partial charge in [0.25, 0.3) is 0 Å².